The van der Waals surface area contributed by atoms with Crippen molar-refractivity contribution in [3.8, 4) is 0 Å². The number of hydrogen-bond acceptors (Lipinski definition) is 13. The van der Waals surface area contributed by atoms with E-state index in [-0.39, 0.29) is 40.5 Å². The highest BCUT2D eigenvalue weighted by molar-refractivity contribution is 5.92. The first-order chi connectivity index (χ1) is 36.4. The molecule has 0 aliphatic carbocycles. The van der Waals surface area contributed by atoms with E-state index in [4.69, 9.17) is 39.6 Å². The zero-order valence-electron chi connectivity index (χ0n) is 43.1. The number of nitrogens with one attached hydrogen (secondary N) is 1. The van der Waals surface area contributed by atoms with Gasteiger partial charge in [-0.05, 0) is 135 Å². The maximum Gasteiger partial charge on any atom is 0.366 e. The Hall–Kier alpha value is -7.39. The second-order valence-corrected chi connectivity index (χ2v) is 20.0. The Morgan fingerprint density at radius 3 is 1.80 bits per heavy atom. The van der Waals surface area contributed by atoms with Gasteiger partial charge in [0, 0.05) is 25.2 Å². The fraction of sp³-hybridized carbons (Fsp3) is 0.361. The average Bonchev–Trinajstić information content (AvgIpc) is 3.43. The van der Waals surface area contributed by atoms with Crippen LogP contribution in [-0.2, 0) is 34.8 Å². The van der Waals surface area contributed by atoms with Gasteiger partial charge in [-0.1, -0.05) is 117 Å². The lowest BCUT2D eigenvalue weighted by Crippen LogP contribution is -2.64. The summed E-state index contributed by atoms with van der Waals surface area (Å²) in [5.74, 6) is -3.56. The molecule has 5 N–H and O–H groups in total. The minimum absolute atomic E-state index is 0.149. The molecule has 75 heavy (non-hydrogen) atoms. The molecule has 392 valence electrons. The Balaban J connectivity index is 1.09. The highest BCUT2D eigenvalue weighted by Gasteiger charge is 2.55. The van der Waals surface area contributed by atoms with E-state index in [1.807, 2.05) is 26.8 Å². The van der Waals surface area contributed by atoms with Crippen LogP contribution in [0.4, 0.5) is 0 Å². The number of nitrogens with zero attached hydrogens (tertiary/aromatic N) is 1. The van der Waals surface area contributed by atoms with Crippen molar-refractivity contribution in [3.63, 3.8) is 0 Å². The number of aryl methyl sites for hydroxylation is 1. The fourth-order valence-electron chi connectivity index (χ4n) is 10.1. The minimum Gasteiger partial charge on any atom is -0.459 e. The molecule has 1 spiro atoms. The van der Waals surface area contributed by atoms with Crippen LogP contribution in [-0.4, -0.2) is 105 Å². The molecule has 14 nitrogen and oxygen atoms in total. The smallest absolute Gasteiger partial charge is 0.366 e. The van der Waals surface area contributed by atoms with Crippen LogP contribution >= 0.6 is 0 Å². The van der Waals surface area contributed by atoms with Gasteiger partial charge >= 0.3 is 29.8 Å². The van der Waals surface area contributed by atoms with Crippen LogP contribution in [0.1, 0.15) is 104 Å². The standard InChI is InChI=1S/C61H68N4O10/c1-41(2)51(62)49(38-48-29-28-43(37-42(48)3)19-16-17-35-65-36-18-30-61(40-65)31-33-64-34-32-61)55(63)75-60-54(74-59(69)47-26-14-7-15-27-47)53(73-58(68)46-24-12-6-13-25-46)52(72-57(67)45-22-10-5-11-23-45)50(71-60)39-70-56(66)44-20-8-4-9-21-44/h4-16,19-29,37,41,50,52-54,60,63-64H,17-18,30-36,38-40,62H2,1-3H3/p+1/b19-16+,51-49-,63-55?/t50?,52-,53+,54-,60+/m1/s1. The molecular weight excluding hydrogens is 949 g/mol. The Morgan fingerprint density at radius 2 is 1.25 bits per heavy atom. The van der Waals surface area contributed by atoms with Crippen molar-refractivity contribution < 1.29 is 53.0 Å². The Morgan fingerprint density at radius 1 is 0.720 bits per heavy atom. The van der Waals surface area contributed by atoms with Crippen LogP contribution in [0.2, 0.25) is 0 Å². The lowest BCUT2D eigenvalue weighted by atomic mass is 9.73. The lowest BCUT2D eigenvalue weighted by Gasteiger charge is -2.45. The van der Waals surface area contributed by atoms with Gasteiger partial charge in [0.05, 0.1) is 27.8 Å². The molecule has 3 aliphatic rings. The summed E-state index contributed by atoms with van der Waals surface area (Å²) in [4.78, 5) is 58.6. The molecular formula is C61H69N4O10+. The van der Waals surface area contributed by atoms with Gasteiger partial charge in [0.2, 0.25) is 12.4 Å². The van der Waals surface area contributed by atoms with E-state index in [0.29, 0.717) is 16.7 Å². The molecule has 0 radical (unpaired) electrons. The molecule has 8 rings (SSSR count). The third kappa shape index (κ3) is 14.3. The number of nitrogens with two attached hydrogens (primary N) is 2. The van der Waals surface area contributed by atoms with Crippen LogP contribution in [0.15, 0.2) is 157 Å². The average molecular weight is 1020 g/mol. The van der Waals surface area contributed by atoms with Crippen molar-refractivity contribution >= 4 is 35.9 Å². The minimum atomic E-state index is -1.67. The number of hydrogen-bond donors (Lipinski definition) is 3. The summed E-state index contributed by atoms with van der Waals surface area (Å²) < 4.78 is 37.8. The van der Waals surface area contributed by atoms with Crippen LogP contribution in [0.3, 0.4) is 0 Å². The Labute approximate surface area is 439 Å². The first-order valence-electron chi connectivity index (χ1n) is 26.0. The quantitative estimate of drug-likeness (QED) is 0.0335. The predicted octanol–water partition coefficient (Wildman–Crippen LogP) is 7.71. The van der Waals surface area contributed by atoms with Gasteiger partial charge in [-0.25, -0.2) is 24.6 Å². The molecule has 3 aliphatic heterocycles. The largest absolute Gasteiger partial charge is 0.459 e. The van der Waals surface area contributed by atoms with Crippen LogP contribution in [0.25, 0.3) is 6.08 Å². The van der Waals surface area contributed by atoms with E-state index < -0.39 is 61.2 Å². The van der Waals surface area contributed by atoms with Gasteiger partial charge in [0.25, 0.3) is 0 Å². The van der Waals surface area contributed by atoms with E-state index in [0.717, 1.165) is 49.3 Å². The summed E-state index contributed by atoms with van der Waals surface area (Å²) in [5.41, 5.74) is 12.0. The summed E-state index contributed by atoms with van der Waals surface area (Å²) in [5, 5.41) is 10.5. The number of rotatable bonds is 18. The monoisotopic (exact) mass is 1020 g/mol. The number of allylic oxidation sites excluding steroid dienone is 1. The topological polar surface area (TPSA) is 191 Å². The summed E-state index contributed by atoms with van der Waals surface area (Å²) in [7, 11) is 0. The molecule has 5 aromatic carbocycles. The number of carbonyl (C=O) groups is 4. The SMILES string of the molecule is Cc1cc(/C=C/CCN2CCCC3(CCNCC3)C2)ccc1C/C(C(=[NH2+])O[C@@H]1OC(COC(=O)c2ccccc2)[C@@H](OC(=O)c2ccccc2)[C@H](OC(=O)c2ccccc2)[C@H]1OC(=O)c1ccccc1)=C(/N)C(C)C. The number of piperidine rings is 2. The third-order valence-electron chi connectivity index (χ3n) is 14.3. The molecule has 5 aromatic rings. The lowest BCUT2D eigenvalue weighted by molar-refractivity contribution is -0.289. The van der Waals surface area contributed by atoms with Gasteiger partial charge in [0.1, 0.15) is 12.7 Å². The highest BCUT2D eigenvalue weighted by Crippen LogP contribution is 2.38. The molecule has 14 heteroatoms. The number of esters is 4. The van der Waals surface area contributed by atoms with Crippen molar-refractivity contribution in [3.05, 3.63) is 196 Å². The fourth-order valence-corrected chi connectivity index (χ4v) is 10.1. The first-order valence-corrected chi connectivity index (χ1v) is 26.0. The van der Waals surface area contributed by atoms with Gasteiger partial charge in [-0.15, -0.1) is 0 Å². The van der Waals surface area contributed by atoms with Crippen molar-refractivity contribution in [2.24, 2.45) is 17.1 Å². The summed E-state index contributed by atoms with van der Waals surface area (Å²) in [6, 6.07) is 39.0. The molecule has 5 atom stereocenters. The van der Waals surface area contributed by atoms with E-state index in [1.54, 1.807) is 121 Å². The van der Waals surface area contributed by atoms with Crippen molar-refractivity contribution in [2.45, 2.75) is 90.0 Å². The summed E-state index contributed by atoms with van der Waals surface area (Å²) in [6.45, 7) is 11.0. The van der Waals surface area contributed by atoms with Crippen molar-refractivity contribution in [1.29, 1.82) is 0 Å². The van der Waals surface area contributed by atoms with E-state index in [9.17, 15) is 19.2 Å². The molecule has 3 saturated heterocycles. The number of benzene rings is 5. The third-order valence-corrected chi connectivity index (χ3v) is 14.3. The van der Waals surface area contributed by atoms with Gasteiger partial charge in [0.15, 0.2) is 12.2 Å². The first kappa shape index (κ1) is 53.9. The normalized spacial score (nSPS) is 20.9. The molecule has 1 unspecified atom stereocenters. The second kappa shape index (κ2) is 25.7. The van der Waals surface area contributed by atoms with Crippen molar-refractivity contribution in [1.82, 2.24) is 10.2 Å². The molecule has 0 saturated carbocycles. The van der Waals surface area contributed by atoms with Crippen LogP contribution in [0.5, 0.6) is 0 Å². The zero-order chi connectivity index (χ0) is 52.7. The zero-order valence-corrected chi connectivity index (χ0v) is 43.1. The predicted molar refractivity (Wildman–Crippen MR) is 285 cm³/mol. The number of likely N-dealkylation sites (tertiary alicyclic amines) is 1. The molecule has 0 amide bonds. The van der Waals surface area contributed by atoms with E-state index >= 15 is 0 Å². The summed E-state index contributed by atoms with van der Waals surface area (Å²) in [6.07, 6.45) is 2.80. The van der Waals surface area contributed by atoms with Gasteiger partial charge in [-0.2, -0.15) is 0 Å². The van der Waals surface area contributed by atoms with Crippen molar-refractivity contribution in [2.75, 3.05) is 39.3 Å². The Kier molecular flexibility index (Phi) is 18.5. The number of carbonyl (C=O) groups excluding carboxylic acids is 4. The van der Waals surface area contributed by atoms with E-state index in [2.05, 4.69) is 34.5 Å². The highest BCUT2D eigenvalue weighted by atomic mass is 16.7. The maximum absolute atomic E-state index is 14.2. The van der Waals surface area contributed by atoms with Gasteiger partial charge < -0.3 is 44.4 Å². The molecule has 0 bridgehead atoms. The van der Waals surface area contributed by atoms with Gasteiger partial charge in [-0.3, -0.25) is 0 Å². The summed E-state index contributed by atoms with van der Waals surface area (Å²) >= 11 is 0. The van der Waals surface area contributed by atoms with Crippen LogP contribution < -0.4 is 16.5 Å². The Bertz CT molecular complexity index is 2790. The van der Waals surface area contributed by atoms with Crippen LogP contribution in [0, 0.1) is 18.3 Å². The second-order valence-electron chi connectivity index (χ2n) is 20.0. The molecule has 3 heterocycles. The van der Waals surface area contributed by atoms with E-state index in [1.165, 1.54) is 32.2 Å². The molecule has 0 aromatic heterocycles. The number of ether oxygens (including phenoxy) is 6. The maximum atomic E-state index is 14.2. The molecule has 3 fully saturated rings.